The van der Waals surface area contributed by atoms with Gasteiger partial charge in [-0.2, -0.15) is 5.10 Å². The fourth-order valence-corrected chi connectivity index (χ4v) is 7.40. The zero-order valence-corrected chi connectivity index (χ0v) is 22.3. The van der Waals surface area contributed by atoms with Gasteiger partial charge in [0.1, 0.15) is 28.8 Å². The predicted molar refractivity (Wildman–Crippen MR) is 132 cm³/mol. The molecule has 2 saturated heterocycles. The van der Waals surface area contributed by atoms with Crippen LogP contribution < -0.4 is 5.32 Å². The zero-order chi connectivity index (χ0) is 27.5. The molecule has 206 valence electrons. The first-order chi connectivity index (χ1) is 17.8. The van der Waals surface area contributed by atoms with Gasteiger partial charge in [-0.1, -0.05) is 29.8 Å². The molecule has 5 N–H and O–H groups in total. The van der Waals surface area contributed by atoms with Crippen molar-refractivity contribution in [3.63, 3.8) is 0 Å². The summed E-state index contributed by atoms with van der Waals surface area (Å²) < 4.78 is 55.2. The molecular formula is C21H24ClFN4O9P2. The molecule has 0 saturated carbocycles. The summed E-state index contributed by atoms with van der Waals surface area (Å²) in [7, 11) is -9.49. The smallest absolute Gasteiger partial charge is 0.340 e. The van der Waals surface area contributed by atoms with Gasteiger partial charge in [0.05, 0.1) is 36.5 Å². The molecule has 13 nitrogen and oxygen atoms in total. The largest absolute Gasteiger partial charge is 0.385 e. The number of benzene rings is 1. The number of pyridine rings is 1. The molecular weight excluding hydrogens is 569 g/mol. The van der Waals surface area contributed by atoms with Gasteiger partial charge in [-0.3, -0.25) is 9.13 Å². The minimum atomic E-state index is -4.82. The van der Waals surface area contributed by atoms with Gasteiger partial charge in [0, 0.05) is 5.56 Å². The van der Waals surface area contributed by atoms with Gasteiger partial charge >= 0.3 is 15.2 Å². The standard InChI is InChI=1S/C21H24ClFN4O9P2/c1-11(12-4-2-3-5-14(12)23)25-15-6-16(22)26-19-13(15)7-24-27(19)20-17(28)18-21(36-20,8-34-18)9-35-38(32,33)10-37(29,30)31/h2-7,11,17-18,20,28H,8-10H2,1H3,(H,25,26)(H,32,33)(H2,29,30,31)/t11-,17+,18?,20+,21+/m0/s1. The van der Waals surface area contributed by atoms with Crippen LogP contribution in [-0.2, 0) is 23.1 Å². The van der Waals surface area contributed by atoms with Crippen LogP contribution in [0.15, 0.2) is 36.5 Å². The monoisotopic (exact) mass is 592 g/mol. The Morgan fingerprint density at radius 3 is 2.74 bits per heavy atom. The van der Waals surface area contributed by atoms with Crippen molar-refractivity contribution in [1.29, 1.82) is 0 Å². The summed E-state index contributed by atoms with van der Waals surface area (Å²) in [5.74, 6) is -1.74. The van der Waals surface area contributed by atoms with Crippen LogP contribution in [-0.4, -0.2) is 71.5 Å². The molecule has 38 heavy (non-hydrogen) atoms. The van der Waals surface area contributed by atoms with Gasteiger partial charge in [-0.25, -0.2) is 14.1 Å². The van der Waals surface area contributed by atoms with Gasteiger partial charge in [0.2, 0.25) is 0 Å². The van der Waals surface area contributed by atoms with Crippen molar-refractivity contribution in [3.8, 4) is 0 Å². The van der Waals surface area contributed by atoms with E-state index in [1.807, 2.05) is 0 Å². The Labute approximate surface area is 220 Å². The van der Waals surface area contributed by atoms with Crippen molar-refractivity contribution in [1.82, 2.24) is 14.8 Å². The van der Waals surface area contributed by atoms with Gasteiger partial charge in [-0.05, 0) is 19.1 Å². The fraction of sp³-hybridized carbons (Fsp3) is 0.429. The second-order valence-electron chi connectivity index (χ2n) is 9.22. The van der Waals surface area contributed by atoms with Crippen LogP contribution in [0, 0.1) is 5.82 Å². The van der Waals surface area contributed by atoms with Crippen LogP contribution in [0.3, 0.4) is 0 Å². The van der Waals surface area contributed by atoms with Crippen LogP contribution in [0.5, 0.6) is 0 Å². The predicted octanol–water partition coefficient (Wildman–Crippen LogP) is 2.76. The highest BCUT2D eigenvalue weighted by atomic mass is 35.5. The maximum atomic E-state index is 14.3. The minimum absolute atomic E-state index is 0.0888. The first-order valence-corrected chi connectivity index (χ1v) is 15.3. The molecule has 6 atom stereocenters. The summed E-state index contributed by atoms with van der Waals surface area (Å²) in [6.45, 7) is 1.10. The Morgan fingerprint density at radius 2 is 2.08 bits per heavy atom. The molecule has 2 unspecified atom stereocenters. The van der Waals surface area contributed by atoms with Crippen LogP contribution in [0.25, 0.3) is 11.0 Å². The Balaban J connectivity index is 1.40. The zero-order valence-electron chi connectivity index (χ0n) is 19.7. The van der Waals surface area contributed by atoms with E-state index in [0.717, 1.165) is 0 Å². The number of aliphatic hydroxyl groups excluding tert-OH is 1. The molecule has 0 spiro atoms. The Hall–Kier alpha value is -1.96. The van der Waals surface area contributed by atoms with Gasteiger partial charge in [0.15, 0.2) is 17.8 Å². The van der Waals surface area contributed by atoms with Crippen molar-refractivity contribution in [2.75, 3.05) is 24.4 Å². The van der Waals surface area contributed by atoms with Crippen molar-refractivity contribution >= 4 is 43.5 Å². The highest BCUT2D eigenvalue weighted by Gasteiger charge is 2.64. The molecule has 4 heterocycles. The molecule has 2 aromatic heterocycles. The van der Waals surface area contributed by atoms with E-state index in [-0.39, 0.29) is 23.2 Å². The molecule has 2 aliphatic rings. The molecule has 2 aliphatic heterocycles. The number of fused-ring (bicyclic) bond motifs is 2. The molecule has 0 aliphatic carbocycles. The second kappa shape index (κ2) is 9.90. The van der Waals surface area contributed by atoms with E-state index in [0.29, 0.717) is 16.6 Å². The number of hydrogen-bond donors (Lipinski definition) is 5. The number of rotatable bonds is 9. The molecule has 17 heteroatoms. The maximum absolute atomic E-state index is 14.3. The molecule has 5 rings (SSSR count). The third-order valence-electron chi connectivity index (χ3n) is 6.38. The van der Waals surface area contributed by atoms with Crippen molar-refractivity contribution in [2.24, 2.45) is 0 Å². The molecule has 0 radical (unpaired) electrons. The van der Waals surface area contributed by atoms with E-state index >= 15 is 0 Å². The van der Waals surface area contributed by atoms with Crippen molar-refractivity contribution in [3.05, 3.63) is 53.1 Å². The van der Waals surface area contributed by atoms with Crippen LogP contribution in [0.1, 0.15) is 24.8 Å². The van der Waals surface area contributed by atoms with Gasteiger partial charge < -0.3 is 39.1 Å². The molecule has 0 amide bonds. The third-order valence-corrected chi connectivity index (χ3v) is 10.0. The summed E-state index contributed by atoms with van der Waals surface area (Å²) >= 11 is 6.27. The van der Waals surface area contributed by atoms with Crippen molar-refractivity contribution in [2.45, 2.75) is 37.0 Å². The number of aliphatic hydroxyl groups is 1. The average molecular weight is 593 g/mol. The van der Waals surface area contributed by atoms with Crippen LogP contribution in [0.4, 0.5) is 10.1 Å². The second-order valence-corrected chi connectivity index (χ2v) is 13.6. The normalized spacial score (nSPS) is 27.5. The Kier molecular flexibility index (Phi) is 7.19. The SMILES string of the molecule is C[C@H](Nc1cc(Cl)nc2c1cnn2[C@@H]1O[C@@]2(COP(=O)(O)CP(=O)(O)O)COC2[C@H]1O)c1ccccc1F. The highest BCUT2D eigenvalue weighted by molar-refractivity contribution is 7.70. The number of nitrogens with zero attached hydrogens (tertiary/aromatic N) is 3. The van der Waals surface area contributed by atoms with Gasteiger partial charge in [0.25, 0.3) is 0 Å². The number of ether oxygens (including phenoxy) is 2. The molecule has 3 aromatic rings. The summed E-state index contributed by atoms with van der Waals surface area (Å²) in [4.78, 5) is 32.2. The lowest BCUT2D eigenvalue weighted by molar-refractivity contribution is -0.244. The first kappa shape index (κ1) is 27.6. The molecule has 2 fully saturated rings. The summed E-state index contributed by atoms with van der Waals surface area (Å²) in [6.07, 6.45) is -1.96. The van der Waals surface area contributed by atoms with E-state index in [9.17, 15) is 23.5 Å². The highest BCUT2D eigenvalue weighted by Crippen LogP contribution is 2.57. The number of anilines is 1. The Bertz CT molecular complexity index is 1470. The van der Waals surface area contributed by atoms with E-state index in [1.165, 1.54) is 16.9 Å². The number of aromatic nitrogens is 3. The topological polar surface area (TPSA) is 185 Å². The lowest BCUT2D eigenvalue weighted by Gasteiger charge is -2.43. The molecule has 0 bridgehead atoms. The van der Waals surface area contributed by atoms with E-state index in [2.05, 4.69) is 15.4 Å². The fourth-order valence-electron chi connectivity index (χ4n) is 4.60. The first-order valence-electron chi connectivity index (χ1n) is 11.3. The summed E-state index contributed by atoms with van der Waals surface area (Å²) in [6, 6.07) is 7.44. The van der Waals surface area contributed by atoms with Crippen molar-refractivity contribution < 1.29 is 47.3 Å². The van der Waals surface area contributed by atoms with E-state index < -0.39 is 57.8 Å². The summed E-state index contributed by atoms with van der Waals surface area (Å²) in [5.41, 5.74) is -0.192. The lowest BCUT2D eigenvalue weighted by atomic mass is 9.91. The number of halogens is 2. The van der Waals surface area contributed by atoms with E-state index in [4.69, 9.17) is 35.4 Å². The molecule has 1 aromatic carbocycles. The van der Waals surface area contributed by atoms with E-state index in [1.54, 1.807) is 31.2 Å². The quantitative estimate of drug-likeness (QED) is 0.181. The Morgan fingerprint density at radius 1 is 1.34 bits per heavy atom. The maximum Gasteiger partial charge on any atom is 0.340 e. The van der Waals surface area contributed by atoms with Crippen LogP contribution in [0.2, 0.25) is 5.15 Å². The number of nitrogens with one attached hydrogen (secondary N) is 1. The third kappa shape index (κ3) is 5.26. The van der Waals surface area contributed by atoms with Crippen LogP contribution >= 0.6 is 26.8 Å². The lowest BCUT2D eigenvalue weighted by Crippen LogP contribution is -2.61. The summed E-state index contributed by atoms with van der Waals surface area (Å²) in [5, 5.41) is 19.0. The minimum Gasteiger partial charge on any atom is -0.385 e. The number of hydrogen-bond acceptors (Lipinski definition) is 9. The average Bonchev–Trinajstić information content (AvgIpc) is 3.28. The van der Waals surface area contributed by atoms with Gasteiger partial charge in [-0.15, -0.1) is 0 Å².